The zero-order chi connectivity index (χ0) is 15.4. The van der Waals surface area contributed by atoms with Gasteiger partial charge in [0.05, 0.1) is 10.6 Å². The summed E-state index contributed by atoms with van der Waals surface area (Å²) in [6.07, 6.45) is 1.85. The van der Waals surface area contributed by atoms with Crippen LogP contribution in [0, 0.1) is 11.6 Å². The van der Waals surface area contributed by atoms with Crippen molar-refractivity contribution in [3.05, 3.63) is 64.7 Å². The van der Waals surface area contributed by atoms with Crippen molar-refractivity contribution >= 4 is 23.6 Å². The summed E-state index contributed by atoms with van der Waals surface area (Å²) < 4.78 is 32.4. The van der Waals surface area contributed by atoms with E-state index in [1.54, 1.807) is 0 Å². The Kier molecular flexibility index (Phi) is 4.55. The number of carbonyl (C=O) groups is 1. The Balaban J connectivity index is 2.37. The lowest BCUT2D eigenvalue weighted by Gasteiger charge is -2.10. The van der Waals surface area contributed by atoms with Crippen LogP contribution >= 0.6 is 11.6 Å². The van der Waals surface area contributed by atoms with Gasteiger partial charge in [0.15, 0.2) is 0 Å². The molecule has 21 heavy (non-hydrogen) atoms. The molecule has 0 aliphatic rings. The number of ether oxygens (including phenoxy) is 1. The molecule has 0 aliphatic carbocycles. The monoisotopic (exact) mass is 310 g/mol. The highest BCUT2D eigenvalue weighted by atomic mass is 35.5. The van der Waals surface area contributed by atoms with Gasteiger partial charge in [0.25, 0.3) is 0 Å². The predicted molar refractivity (Wildman–Crippen MR) is 74.6 cm³/mol. The Hall–Kier alpha value is -2.40. The van der Waals surface area contributed by atoms with Crippen molar-refractivity contribution < 1.29 is 23.4 Å². The fraction of sp³-hybridized carbons (Fsp3) is 0. The summed E-state index contributed by atoms with van der Waals surface area (Å²) in [6.45, 7) is 0. The zero-order valence-corrected chi connectivity index (χ0v) is 11.3. The Morgan fingerprint density at radius 3 is 2.62 bits per heavy atom. The average molecular weight is 311 g/mol. The van der Waals surface area contributed by atoms with E-state index in [0.29, 0.717) is 0 Å². The quantitative estimate of drug-likeness (QED) is 0.845. The summed E-state index contributed by atoms with van der Waals surface area (Å²) in [4.78, 5) is 10.5. The summed E-state index contributed by atoms with van der Waals surface area (Å²) in [5.41, 5.74) is -0.0461. The summed E-state index contributed by atoms with van der Waals surface area (Å²) in [5.74, 6) is -2.36. The van der Waals surface area contributed by atoms with Crippen molar-refractivity contribution in [2.24, 2.45) is 0 Å². The second kappa shape index (κ2) is 6.37. The standard InChI is InChI=1S/C15H9ClF2O3/c16-11-6-4-9(8-13(11)18)21-14-3-1-2-12(17)10(14)5-7-15(19)20/h1-8H,(H,19,20)/b7-5+. The van der Waals surface area contributed by atoms with Crippen LogP contribution in [-0.4, -0.2) is 11.1 Å². The molecule has 0 aliphatic heterocycles. The molecule has 2 aromatic rings. The molecule has 0 bridgehead atoms. The van der Waals surface area contributed by atoms with Gasteiger partial charge in [-0.15, -0.1) is 0 Å². The first-order valence-electron chi connectivity index (χ1n) is 5.80. The van der Waals surface area contributed by atoms with Crippen molar-refractivity contribution in [3.63, 3.8) is 0 Å². The smallest absolute Gasteiger partial charge is 0.328 e. The molecule has 0 unspecified atom stereocenters. The fourth-order valence-corrected chi connectivity index (χ4v) is 1.71. The van der Waals surface area contributed by atoms with Crippen LogP contribution < -0.4 is 4.74 Å². The third-order valence-corrected chi connectivity index (χ3v) is 2.83. The molecule has 0 spiro atoms. The highest BCUT2D eigenvalue weighted by Crippen LogP contribution is 2.30. The maximum Gasteiger partial charge on any atom is 0.328 e. The van der Waals surface area contributed by atoms with Gasteiger partial charge in [0.2, 0.25) is 0 Å². The number of aliphatic carboxylic acids is 1. The number of carboxylic acids is 1. The van der Waals surface area contributed by atoms with Crippen molar-refractivity contribution in [3.8, 4) is 11.5 Å². The van der Waals surface area contributed by atoms with E-state index in [1.165, 1.54) is 24.3 Å². The molecule has 2 rings (SSSR count). The first-order valence-corrected chi connectivity index (χ1v) is 6.17. The van der Waals surface area contributed by atoms with E-state index in [2.05, 4.69) is 0 Å². The molecular weight excluding hydrogens is 302 g/mol. The molecule has 0 saturated carbocycles. The Morgan fingerprint density at radius 2 is 1.95 bits per heavy atom. The summed E-state index contributed by atoms with van der Waals surface area (Å²) in [6, 6.07) is 7.78. The molecule has 1 N–H and O–H groups in total. The van der Waals surface area contributed by atoms with Crippen molar-refractivity contribution in [1.29, 1.82) is 0 Å². The minimum absolute atomic E-state index is 0.0461. The van der Waals surface area contributed by atoms with Gasteiger partial charge in [0, 0.05) is 12.1 Å². The molecule has 2 aromatic carbocycles. The second-order valence-corrected chi connectivity index (χ2v) is 4.41. The predicted octanol–water partition coefficient (Wildman–Crippen LogP) is 4.51. The largest absolute Gasteiger partial charge is 0.478 e. The van der Waals surface area contributed by atoms with Gasteiger partial charge in [-0.2, -0.15) is 0 Å². The van der Waals surface area contributed by atoms with E-state index in [-0.39, 0.29) is 22.1 Å². The SMILES string of the molecule is O=C(O)/C=C/c1c(F)cccc1Oc1ccc(Cl)c(F)c1. The molecule has 3 nitrogen and oxygen atoms in total. The lowest BCUT2D eigenvalue weighted by atomic mass is 10.1. The second-order valence-electron chi connectivity index (χ2n) is 4.00. The highest BCUT2D eigenvalue weighted by Gasteiger charge is 2.10. The molecule has 0 aromatic heterocycles. The number of carboxylic acid groups (broad SMARTS) is 1. The molecule has 0 heterocycles. The van der Waals surface area contributed by atoms with E-state index in [0.717, 1.165) is 24.3 Å². The molecule has 0 amide bonds. The summed E-state index contributed by atoms with van der Waals surface area (Å²) in [7, 11) is 0. The number of benzene rings is 2. The van der Waals surface area contributed by atoms with Gasteiger partial charge in [0.1, 0.15) is 23.1 Å². The van der Waals surface area contributed by atoms with Crippen LogP contribution in [-0.2, 0) is 4.79 Å². The number of rotatable bonds is 4. The normalized spacial score (nSPS) is 10.8. The Bertz CT molecular complexity index is 714. The lowest BCUT2D eigenvalue weighted by Crippen LogP contribution is -1.93. The summed E-state index contributed by atoms with van der Waals surface area (Å²) >= 11 is 5.56. The van der Waals surface area contributed by atoms with Crippen LogP contribution in [0.1, 0.15) is 5.56 Å². The van der Waals surface area contributed by atoms with E-state index < -0.39 is 17.6 Å². The molecule has 0 fully saturated rings. The van der Waals surface area contributed by atoms with E-state index >= 15 is 0 Å². The van der Waals surface area contributed by atoms with E-state index in [9.17, 15) is 13.6 Å². The van der Waals surface area contributed by atoms with Crippen molar-refractivity contribution in [2.75, 3.05) is 0 Å². The molecule has 0 atom stereocenters. The lowest BCUT2D eigenvalue weighted by molar-refractivity contribution is -0.131. The van der Waals surface area contributed by atoms with Crippen LogP contribution in [0.15, 0.2) is 42.5 Å². The highest BCUT2D eigenvalue weighted by molar-refractivity contribution is 6.30. The van der Waals surface area contributed by atoms with Crippen LogP contribution in [0.25, 0.3) is 6.08 Å². The van der Waals surface area contributed by atoms with Crippen LogP contribution in [0.3, 0.4) is 0 Å². The van der Waals surface area contributed by atoms with Crippen LogP contribution in [0.4, 0.5) is 8.78 Å². The molecule has 6 heteroatoms. The average Bonchev–Trinajstić information content (AvgIpc) is 2.42. The summed E-state index contributed by atoms with van der Waals surface area (Å²) in [5, 5.41) is 8.54. The maximum absolute atomic E-state index is 13.7. The zero-order valence-electron chi connectivity index (χ0n) is 10.5. The van der Waals surface area contributed by atoms with Gasteiger partial charge in [-0.05, 0) is 30.3 Å². The first-order chi connectivity index (χ1) is 9.97. The van der Waals surface area contributed by atoms with Gasteiger partial charge in [-0.25, -0.2) is 13.6 Å². The minimum Gasteiger partial charge on any atom is -0.478 e. The molecular formula is C15H9ClF2O3. The maximum atomic E-state index is 13.7. The number of halogens is 3. The van der Waals surface area contributed by atoms with Crippen LogP contribution in [0.5, 0.6) is 11.5 Å². The third-order valence-electron chi connectivity index (χ3n) is 2.52. The van der Waals surface area contributed by atoms with Gasteiger partial charge in [-0.1, -0.05) is 17.7 Å². The van der Waals surface area contributed by atoms with Gasteiger partial charge >= 0.3 is 5.97 Å². The van der Waals surface area contributed by atoms with Gasteiger partial charge < -0.3 is 9.84 Å². The Labute approximate surface area is 124 Å². The van der Waals surface area contributed by atoms with Crippen molar-refractivity contribution in [1.82, 2.24) is 0 Å². The number of hydrogen-bond acceptors (Lipinski definition) is 2. The fourth-order valence-electron chi connectivity index (χ4n) is 1.59. The van der Waals surface area contributed by atoms with Gasteiger partial charge in [-0.3, -0.25) is 0 Å². The van der Waals surface area contributed by atoms with Crippen LogP contribution in [0.2, 0.25) is 5.02 Å². The molecule has 0 radical (unpaired) electrons. The van der Waals surface area contributed by atoms with E-state index in [4.69, 9.17) is 21.4 Å². The topological polar surface area (TPSA) is 46.5 Å². The minimum atomic E-state index is -1.22. The van der Waals surface area contributed by atoms with Crippen molar-refractivity contribution in [2.45, 2.75) is 0 Å². The Morgan fingerprint density at radius 1 is 1.19 bits per heavy atom. The number of hydrogen-bond donors (Lipinski definition) is 1. The molecule has 108 valence electrons. The first kappa shape index (κ1) is 15.0. The third kappa shape index (κ3) is 3.79. The van der Waals surface area contributed by atoms with E-state index in [1.807, 2.05) is 0 Å². The molecule has 0 saturated heterocycles.